The highest BCUT2D eigenvalue weighted by atomic mass is 35.5. The van der Waals surface area contributed by atoms with E-state index < -0.39 is 0 Å². The minimum atomic E-state index is 0.0998. The third kappa shape index (κ3) is 4.86. The van der Waals surface area contributed by atoms with E-state index in [0.29, 0.717) is 0 Å². The molecule has 1 aliphatic heterocycles. The zero-order chi connectivity index (χ0) is 20.2. The molecule has 29 heavy (non-hydrogen) atoms. The number of halogens is 1. The van der Waals surface area contributed by atoms with Crippen molar-refractivity contribution in [3.05, 3.63) is 75.1 Å². The molecule has 0 N–H and O–H groups in total. The SMILES string of the molecule is Cc1nc(-c2ccccc2)c(C(=O)N2CCCN(Cc3ccc(Cl)cc3)CC2)s1. The van der Waals surface area contributed by atoms with Crippen molar-refractivity contribution in [3.63, 3.8) is 0 Å². The first-order valence-corrected chi connectivity index (χ1v) is 11.1. The molecule has 0 radical (unpaired) electrons. The first kappa shape index (κ1) is 20.1. The number of hydrogen-bond donors (Lipinski definition) is 0. The molecule has 6 heteroatoms. The second-order valence-corrected chi connectivity index (χ2v) is 8.96. The van der Waals surface area contributed by atoms with Gasteiger partial charge in [-0.1, -0.05) is 54.1 Å². The highest BCUT2D eigenvalue weighted by Gasteiger charge is 2.25. The summed E-state index contributed by atoms with van der Waals surface area (Å²) < 4.78 is 0. The molecule has 3 aromatic rings. The van der Waals surface area contributed by atoms with Gasteiger partial charge in [0.1, 0.15) is 4.88 Å². The molecule has 0 aliphatic carbocycles. The Labute approximate surface area is 180 Å². The summed E-state index contributed by atoms with van der Waals surface area (Å²) in [6, 6.07) is 18.0. The van der Waals surface area contributed by atoms with Gasteiger partial charge in [0.05, 0.1) is 10.7 Å². The van der Waals surface area contributed by atoms with Crippen molar-refractivity contribution < 1.29 is 4.79 Å². The number of thiazole rings is 1. The molecule has 4 rings (SSSR count). The van der Waals surface area contributed by atoms with E-state index >= 15 is 0 Å². The molecule has 1 aliphatic rings. The molecule has 1 aromatic heterocycles. The number of aryl methyl sites for hydroxylation is 1. The van der Waals surface area contributed by atoms with Crippen LogP contribution in [-0.2, 0) is 6.54 Å². The molecule has 1 fully saturated rings. The number of benzene rings is 2. The molecule has 150 valence electrons. The molecular formula is C23H24ClN3OS. The van der Waals surface area contributed by atoms with Gasteiger partial charge in [-0.05, 0) is 31.0 Å². The predicted octanol–water partition coefficient (Wildman–Crippen LogP) is 5.12. The Morgan fingerprint density at radius 3 is 2.55 bits per heavy atom. The molecule has 0 saturated carbocycles. The van der Waals surface area contributed by atoms with E-state index in [-0.39, 0.29) is 5.91 Å². The Morgan fingerprint density at radius 2 is 1.79 bits per heavy atom. The van der Waals surface area contributed by atoms with Gasteiger partial charge in [0.25, 0.3) is 5.91 Å². The van der Waals surface area contributed by atoms with Crippen LogP contribution in [-0.4, -0.2) is 46.9 Å². The number of carbonyl (C=O) groups is 1. The Kier molecular flexibility index (Phi) is 6.28. The zero-order valence-electron chi connectivity index (χ0n) is 16.5. The molecule has 2 aromatic carbocycles. The maximum absolute atomic E-state index is 13.3. The van der Waals surface area contributed by atoms with Crippen molar-refractivity contribution in [3.8, 4) is 11.3 Å². The van der Waals surface area contributed by atoms with Gasteiger partial charge in [0.2, 0.25) is 0 Å². The van der Waals surface area contributed by atoms with Gasteiger partial charge in [0.15, 0.2) is 0 Å². The second-order valence-electron chi connectivity index (χ2n) is 7.33. The number of amides is 1. The monoisotopic (exact) mass is 425 g/mol. The summed E-state index contributed by atoms with van der Waals surface area (Å²) >= 11 is 7.48. The topological polar surface area (TPSA) is 36.4 Å². The summed E-state index contributed by atoms with van der Waals surface area (Å²) in [5.41, 5.74) is 3.05. The van der Waals surface area contributed by atoms with E-state index in [9.17, 15) is 4.79 Å². The van der Waals surface area contributed by atoms with Crippen molar-refractivity contribution in [2.75, 3.05) is 26.2 Å². The largest absolute Gasteiger partial charge is 0.337 e. The van der Waals surface area contributed by atoms with Crippen LogP contribution in [0.25, 0.3) is 11.3 Å². The van der Waals surface area contributed by atoms with Crippen molar-refractivity contribution in [2.24, 2.45) is 0 Å². The van der Waals surface area contributed by atoms with Crippen LogP contribution in [0.5, 0.6) is 0 Å². The Bertz CT molecular complexity index is 972. The first-order valence-electron chi connectivity index (χ1n) is 9.89. The minimum Gasteiger partial charge on any atom is -0.337 e. The lowest BCUT2D eigenvalue weighted by molar-refractivity contribution is 0.0766. The Hall–Kier alpha value is -2.21. The maximum Gasteiger partial charge on any atom is 0.266 e. The van der Waals surface area contributed by atoms with E-state index in [1.54, 1.807) is 0 Å². The molecule has 0 atom stereocenters. The van der Waals surface area contributed by atoms with Gasteiger partial charge >= 0.3 is 0 Å². The molecule has 1 amide bonds. The van der Waals surface area contributed by atoms with Gasteiger partial charge in [0, 0.05) is 43.3 Å². The van der Waals surface area contributed by atoms with E-state index in [1.807, 2.05) is 54.3 Å². The van der Waals surface area contributed by atoms with Gasteiger partial charge < -0.3 is 4.90 Å². The number of hydrogen-bond acceptors (Lipinski definition) is 4. The fraction of sp³-hybridized carbons (Fsp3) is 0.304. The van der Waals surface area contributed by atoms with Crippen molar-refractivity contribution in [1.29, 1.82) is 0 Å². The van der Waals surface area contributed by atoms with Crippen LogP contribution in [0.3, 0.4) is 0 Å². The summed E-state index contributed by atoms with van der Waals surface area (Å²) in [5, 5.41) is 1.68. The van der Waals surface area contributed by atoms with E-state index in [4.69, 9.17) is 11.6 Å². The third-order valence-electron chi connectivity index (χ3n) is 5.17. The lowest BCUT2D eigenvalue weighted by atomic mass is 10.1. The standard InChI is InChI=1S/C23H24ClN3OS/c1-17-25-21(19-6-3-2-4-7-19)22(29-17)23(28)27-13-5-12-26(14-15-27)16-18-8-10-20(24)11-9-18/h2-4,6-11H,5,12-16H2,1H3. The van der Waals surface area contributed by atoms with Crippen LogP contribution in [0.4, 0.5) is 0 Å². The van der Waals surface area contributed by atoms with E-state index in [2.05, 4.69) is 22.0 Å². The number of carbonyl (C=O) groups excluding carboxylic acids is 1. The summed E-state index contributed by atoms with van der Waals surface area (Å²) in [4.78, 5) is 23.1. The summed E-state index contributed by atoms with van der Waals surface area (Å²) in [5.74, 6) is 0.0998. The quantitative estimate of drug-likeness (QED) is 0.582. The molecule has 4 nitrogen and oxygen atoms in total. The van der Waals surface area contributed by atoms with Crippen LogP contribution in [0.1, 0.15) is 26.7 Å². The summed E-state index contributed by atoms with van der Waals surface area (Å²) in [7, 11) is 0. The lowest BCUT2D eigenvalue weighted by Gasteiger charge is -2.22. The molecule has 0 spiro atoms. The van der Waals surface area contributed by atoms with Crippen molar-refractivity contribution in [2.45, 2.75) is 19.9 Å². The second kappa shape index (κ2) is 9.08. The number of rotatable bonds is 4. The summed E-state index contributed by atoms with van der Waals surface area (Å²) in [6.07, 6.45) is 0.970. The minimum absolute atomic E-state index is 0.0998. The van der Waals surface area contributed by atoms with Gasteiger partial charge in [-0.3, -0.25) is 9.69 Å². The van der Waals surface area contributed by atoms with Crippen LogP contribution in [0.15, 0.2) is 54.6 Å². The van der Waals surface area contributed by atoms with Crippen LogP contribution < -0.4 is 0 Å². The normalized spacial score (nSPS) is 15.3. The summed E-state index contributed by atoms with van der Waals surface area (Å²) in [6.45, 7) is 6.21. The van der Waals surface area contributed by atoms with Crippen LogP contribution in [0, 0.1) is 6.92 Å². The van der Waals surface area contributed by atoms with Crippen molar-refractivity contribution in [1.82, 2.24) is 14.8 Å². The average Bonchev–Trinajstić information content (AvgIpc) is 2.98. The highest BCUT2D eigenvalue weighted by molar-refractivity contribution is 7.14. The molecule has 0 bridgehead atoms. The predicted molar refractivity (Wildman–Crippen MR) is 120 cm³/mol. The highest BCUT2D eigenvalue weighted by Crippen LogP contribution is 2.29. The molecule has 1 saturated heterocycles. The fourth-order valence-electron chi connectivity index (χ4n) is 3.69. The smallest absolute Gasteiger partial charge is 0.266 e. The van der Waals surface area contributed by atoms with E-state index in [0.717, 1.165) is 65.3 Å². The van der Waals surface area contributed by atoms with Crippen LogP contribution >= 0.6 is 22.9 Å². The van der Waals surface area contributed by atoms with E-state index in [1.165, 1.54) is 16.9 Å². The average molecular weight is 426 g/mol. The Balaban J connectivity index is 1.46. The zero-order valence-corrected chi connectivity index (χ0v) is 18.0. The lowest BCUT2D eigenvalue weighted by Crippen LogP contribution is -2.35. The van der Waals surface area contributed by atoms with Gasteiger partial charge in [-0.25, -0.2) is 4.98 Å². The third-order valence-corrected chi connectivity index (χ3v) is 6.38. The van der Waals surface area contributed by atoms with Gasteiger partial charge in [-0.2, -0.15) is 0 Å². The van der Waals surface area contributed by atoms with Gasteiger partial charge in [-0.15, -0.1) is 11.3 Å². The van der Waals surface area contributed by atoms with Crippen molar-refractivity contribution >= 4 is 28.8 Å². The Morgan fingerprint density at radius 1 is 1.03 bits per heavy atom. The molecular weight excluding hydrogens is 402 g/mol. The van der Waals surface area contributed by atoms with Crippen LogP contribution in [0.2, 0.25) is 5.02 Å². The fourth-order valence-corrected chi connectivity index (χ4v) is 4.72. The number of aromatic nitrogens is 1. The molecule has 2 heterocycles. The number of nitrogens with zero attached hydrogens (tertiary/aromatic N) is 3. The first-order chi connectivity index (χ1) is 14.1. The molecule has 0 unspecified atom stereocenters. The maximum atomic E-state index is 13.3.